The van der Waals surface area contributed by atoms with Gasteiger partial charge in [0.15, 0.2) is 0 Å². The van der Waals surface area contributed by atoms with Gasteiger partial charge in [0, 0.05) is 10.2 Å². The number of halogens is 1. The second-order valence-corrected chi connectivity index (χ2v) is 5.58. The van der Waals surface area contributed by atoms with Crippen LogP contribution in [0, 0.1) is 0 Å². The second kappa shape index (κ2) is 5.71. The molecule has 0 heterocycles. The molecule has 1 aromatic rings. The SMILES string of the molecule is Nc1cc(Br)ccc1C(=O)N[C@H]1CCCC[C@@H]1O. The first-order valence-electron chi connectivity index (χ1n) is 6.12. The Morgan fingerprint density at radius 3 is 2.78 bits per heavy atom. The number of aliphatic hydroxyl groups is 1. The predicted molar refractivity (Wildman–Crippen MR) is 74.3 cm³/mol. The van der Waals surface area contributed by atoms with Crippen molar-refractivity contribution in [1.82, 2.24) is 5.32 Å². The van der Waals surface area contributed by atoms with Crippen molar-refractivity contribution >= 4 is 27.5 Å². The van der Waals surface area contributed by atoms with Gasteiger partial charge < -0.3 is 16.2 Å². The number of anilines is 1. The maximum absolute atomic E-state index is 12.1. The first-order chi connectivity index (χ1) is 8.58. The molecule has 2 atom stereocenters. The van der Waals surface area contributed by atoms with E-state index in [0.29, 0.717) is 11.3 Å². The first kappa shape index (κ1) is 13.4. The molecular formula is C13H17BrN2O2. The molecule has 0 aromatic heterocycles. The van der Waals surface area contributed by atoms with Crippen LogP contribution >= 0.6 is 15.9 Å². The molecular weight excluding hydrogens is 296 g/mol. The summed E-state index contributed by atoms with van der Waals surface area (Å²) in [6.45, 7) is 0. The number of carbonyl (C=O) groups excluding carboxylic acids is 1. The van der Waals surface area contributed by atoms with E-state index in [1.165, 1.54) is 0 Å². The molecule has 1 amide bonds. The van der Waals surface area contributed by atoms with Crippen molar-refractivity contribution in [2.24, 2.45) is 0 Å². The van der Waals surface area contributed by atoms with Crippen LogP contribution in [0.3, 0.4) is 0 Å². The molecule has 1 saturated carbocycles. The summed E-state index contributed by atoms with van der Waals surface area (Å²) in [5, 5.41) is 12.7. The van der Waals surface area contributed by atoms with Crippen LogP contribution in [0.15, 0.2) is 22.7 Å². The number of amides is 1. The standard InChI is InChI=1S/C13H17BrN2O2/c14-8-5-6-9(10(15)7-8)13(18)16-11-3-1-2-4-12(11)17/h5-7,11-12,17H,1-4,15H2,(H,16,18)/t11-,12-/m0/s1. The van der Waals surface area contributed by atoms with E-state index in [0.717, 1.165) is 30.2 Å². The van der Waals surface area contributed by atoms with Gasteiger partial charge in [0.05, 0.1) is 17.7 Å². The van der Waals surface area contributed by atoms with Crippen molar-refractivity contribution in [3.05, 3.63) is 28.2 Å². The molecule has 2 rings (SSSR count). The molecule has 1 aliphatic rings. The Morgan fingerprint density at radius 2 is 2.11 bits per heavy atom. The van der Waals surface area contributed by atoms with Gasteiger partial charge in [-0.25, -0.2) is 0 Å². The Morgan fingerprint density at radius 1 is 1.39 bits per heavy atom. The average Bonchev–Trinajstić information content (AvgIpc) is 2.32. The van der Waals surface area contributed by atoms with Gasteiger partial charge in [0.1, 0.15) is 0 Å². The lowest BCUT2D eigenvalue weighted by Crippen LogP contribution is -2.45. The van der Waals surface area contributed by atoms with Crippen LogP contribution in [0.2, 0.25) is 0 Å². The van der Waals surface area contributed by atoms with Crippen LogP contribution in [0.5, 0.6) is 0 Å². The van der Waals surface area contributed by atoms with Gasteiger partial charge in [-0.1, -0.05) is 28.8 Å². The number of benzene rings is 1. The van der Waals surface area contributed by atoms with Crippen molar-refractivity contribution in [3.8, 4) is 0 Å². The third-order valence-electron chi connectivity index (χ3n) is 3.30. The van der Waals surface area contributed by atoms with Crippen LogP contribution in [0.1, 0.15) is 36.0 Å². The Labute approximate surface area is 115 Å². The van der Waals surface area contributed by atoms with Crippen LogP contribution in [0.25, 0.3) is 0 Å². The number of hydrogen-bond donors (Lipinski definition) is 3. The number of nitrogen functional groups attached to an aromatic ring is 1. The van der Waals surface area contributed by atoms with Crippen molar-refractivity contribution in [2.45, 2.75) is 37.8 Å². The maximum atomic E-state index is 12.1. The summed E-state index contributed by atoms with van der Waals surface area (Å²) in [5.74, 6) is -0.217. The molecule has 98 valence electrons. The van der Waals surface area contributed by atoms with Gasteiger partial charge >= 0.3 is 0 Å². The Bertz CT molecular complexity index is 451. The fraction of sp³-hybridized carbons (Fsp3) is 0.462. The van der Waals surface area contributed by atoms with E-state index < -0.39 is 6.10 Å². The molecule has 4 N–H and O–H groups in total. The predicted octanol–water partition coefficient (Wildman–Crippen LogP) is 2.06. The fourth-order valence-electron chi connectivity index (χ4n) is 2.27. The van der Waals surface area contributed by atoms with Crippen molar-refractivity contribution in [1.29, 1.82) is 0 Å². The first-order valence-corrected chi connectivity index (χ1v) is 6.91. The summed E-state index contributed by atoms with van der Waals surface area (Å²) in [6, 6.07) is 5.01. The maximum Gasteiger partial charge on any atom is 0.253 e. The normalized spacial score (nSPS) is 23.7. The highest BCUT2D eigenvalue weighted by Crippen LogP contribution is 2.21. The van der Waals surface area contributed by atoms with E-state index in [9.17, 15) is 9.90 Å². The van der Waals surface area contributed by atoms with Crippen LogP contribution in [-0.2, 0) is 0 Å². The number of aliphatic hydroxyl groups excluding tert-OH is 1. The minimum absolute atomic E-state index is 0.158. The smallest absolute Gasteiger partial charge is 0.253 e. The second-order valence-electron chi connectivity index (χ2n) is 4.66. The van der Waals surface area contributed by atoms with E-state index in [1.54, 1.807) is 18.2 Å². The molecule has 0 unspecified atom stereocenters. The third-order valence-corrected chi connectivity index (χ3v) is 3.80. The van der Waals surface area contributed by atoms with E-state index in [1.807, 2.05) is 0 Å². The van der Waals surface area contributed by atoms with E-state index in [4.69, 9.17) is 5.73 Å². The van der Waals surface area contributed by atoms with E-state index in [-0.39, 0.29) is 11.9 Å². The fourth-order valence-corrected chi connectivity index (χ4v) is 2.64. The number of rotatable bonds is 2. The number of nitrogens with two attached hydrogens (primary N) is 1. The third kappa shape index (κ3) is 3.03. The van der Waals surface area contributed by atoms with Crippen LogP contribution in [-0.4, -0.2) is 23.2 Å². The number of hydrogen-bond acceptors (Lipinski definition) is 3. The van der Waals surface area contributed by atoms with Crippen LogP contribution in [0.4, 0.5) is 5.69 Å². The van der Waals surface area contributed by atoms with Gasteiger partial charge in [-0.05, 0) is 31.0 Å². The van der Waals surface area contributed by atoms with Crippen molar-refractivity contribution in [2.75, 3.05) is 5.73 Å². The summed E-state index contributed by atoms with van der Waals surface area (Å²) in [7, 11) is 0. The average molecular weight is 313 g/mol. The lowest BCUT2D eigenvalue weighted by molar-refractivity contribution is 0.0718. The Hall–Kier alpha value is -1.07. The lowest BCUT2D eigenvalue weighted by atomic mass is 9.92. The largest absolute Gasteiger partial charge is 0.398 e. The molecule has 1 fully saturated rings. The minimum atomic E-state index is -0.445. The zero-order valence-electron chi connectivity index (χ0n) is 10.0. The van der Waals surface area contributed by atoms with Crippen molar-refractivity contribution < 1.29 is 9.90 Å². The molecule has 1 aliphatic carbocycles. The van der Waals surface area contributed by atoms with Crippen LogP contribution < -0.4 is 11.1 Å². The van der Waals surface area contributed by atoms with Crippen molar-refractivity contribution in [3.63, 3.8) is 0 Å². The summed E-state index contributed by atoms with van der Waals surface area (Å²) < 4.78 is 0.842. The summed E-state index contributed by atoms with van der Waals surface area (Å²) in [6.07, 6.45) is 3.19. The highest BCUT2D eigenvalue weighted by Gasteiger charge is 2.25. The highest BCUT2D eigenvalue weighted by atomic mass is 79.9. The molecule has 0 radical (unpaired) electrons. The summed E-state index contributed by atoms with van der Waals surface area (Å²) in [4.78, 5) is 12.1. The van der Waals surface area contributed by atoms with Gasteiger partial charge in [-0.15, -0.1) is 0 Å². The van der Waals surface area contributed by atoms with Gasteiger partial charge in [-0.2, -0.15) is 0 Å². The monoisotopic (exact) mass is 312 g/mol. The quantitative estimate of drug-likeness (QED) is 0.732. The number of nitrogens with one attached hydrogen (secondary N) is 1. The highest BCUT2D eigenvalue weighted by molar-refractivity contribution is 9.10. The minimum Gasteiger partial charge on any atom is -0.398 e. The molecule has 0 bridgehead atoms. The van der Waals surface area contributed by atoms with E-state index >= 15 is 0 Å². The van der Waals surface area contributed by atoms with Gasteiger partial charge in [0.2, 0.25) is 0 Å². The molecule has 4 nitrogen and oxygen atoms in total. The molecule has 0 spiro atoms. The Kier molecular flexibility index (Phi) is 4.24. The van der Waals surface area contributed by atoms with Gasteiger partial charge in [-0.3, -0.25) is 4.79 Å². The molecule has 0 saturated heterocycles. The molecule has 1 aromatic carbocycles. The number of carbonyl (C=O) groups is 1. The zero-order valence-corrected chi connectivity index (χ0v) is 11.6. The Balaban J connectivity index is 2.07. The molecule has 0 aliphatic heterocycles. The lowest BCUT2D eigenvalue weighted by Gasteiger charge is -2.28. The van der Waals surface area contributed by atoms with E-state index in [2.05, 4.69) is 21.2 Å². The summed E-state index contributed by atoms with van der Waals surface area (Å²) >= 11 is 3.30. The summed E-state index contributed by atoms with van der Waals surface area (Å²) in [5.41, 5.74) is 6.70. The topological polar surface area (TPSA) is 75.4 Å². The van der Waals surface area contributed by atoms with Gasteiger partial charge in [0.25, 0.3) is 5.91 Å². The molecule has 18 heavy (non-hydrogen) atoms. The zero-order chi connectivity index (χ0) is 13.1. The molecule has 5 heteroatoms.